The van der Waals surface area contributed by atoms with Crippen LogP contribution in [0.2, 0.25) is 0 Å². The Morgan fingerprint density at radius 3 is 2.32 bits per heavy atom. The van der Waals surface area contributed by atoms with Crippen LogP contribution in [0.15, 0.2) is 29.3 Å². The number of anilines is 2. The summed E-state index contributed by atoms with van der Waals surface area (Å²) in [6.45, 7) is 3.05. The average molecular weight is 281 g/mol. The maximum atomic E-state index is 11.4. The highest BCUT2D eigenvalue weighted by molar-refractivity contribution is 7.91. The lowest BCUT2D eigenvalue weighted by atomic mass is 10.2. The van der Waals surface area contributed by atoms with Gasteiger partial charge in [0.15, 0.2) is 9.84 Å². The van der Waals surface area contributed by atoms with Gasteiger partial charge in [-0.2, -0.15) is 0 Å². The van der Waals surface area contributed by atoms with Crippen molar-refractivity contribution in [1.29, 1.82) is 0 Å². The molecule has 5 nitrogen and oxygen atoms in total. The van der Waals surface area contributed by atoms with Crippen LogP contribution in [0.5, 0.6) is 0 Å². The van der Waals surface area contributed by atoms with Crippen molar-refractivity contribution in [1.82, 2.24) is 0 Å². The Morgan fingerprint density at radius 2 is 1.79 bits per heavy atom. The van der Waals surface area contributed by atoms with Gasteiger partial charge in [-0.25, -0.2) is 8.42 Å². The first-order chi connectivity index (χ1) is 9.00. The van der Waals surface area contributed by atoms with E-state index in [-0.39, 0.29) is 11.5 Å². The summed E-state index contributed by atoms with van der Waals surface area (Å²) in [7, 11) is -1.08. The van der Waals surface area contributed by atoms with Gasteiger partial charge in [-0.1, -0.05) is 0 Å². The van der Waals surface area contributed by atoms with E-state index in [0.717, 1.165) is 17.2 Å². The van der Waals surface area contributed by atoms with Gasteiger partial charge >= 0.3 is 0 Å². The second-order valence-corrected chi connectivity index (χ2v) is 6.92. The smallest absolute Gasteiger partial charge is 0.153 e. The first-order valence-corrected chi connectivity index (χ1v) is 8.08. The monoisotopic (exact) mass is 281 g/mol. The molecule has 0 radical (unpaired) electrons. The van der Waals surface area contributed by atoms with Crippen molar-refractivity contribution in [2.45, 2.75) is 6.92 Å². The van der Waals surface area contributed by atoms with Crippen LogP contribution in [0.1, 0.15) is 6.92 Å². The van der Waals surface area contributed by atoms with E-state index in [0.29, 0.717) is 13.1 Å². The molecule has 0 saturated carbocycles. The molecule has 1 heterocycles. The van der Waals surface area contributed by atoms with Crippen molar-refractivity contribution < 1.29 is 8.42 Å². The molecule has 1 fully saturated rings. The molecule has 0 aromatic heterocycles. The van der Waals surface area contributed by atoms with Gasteiger partial charge < -0.3 is 10.2 Å². The molecule has 104 valence electrons. The molecule has 1 aliphatic rings. The predicted molar refractivity (Wildman–Crippen MR) is 80.0 cm³/mol. The Morgan fingerprint density at radius 1 is 1.21 bits per heavy atom. The minimum Gasteiger partial charge on any atom is -0.369 e. The highest BCUT2D eigenvalue weighted by atomic mass is 32.2. The number of sulfone groups is 1. The molecule has 0 bridgehead atoms. The standard InChI is InChI=1S/C13H19N3O2S/c1-11(14-2)15-12-3-5-13(6-4-12)16-7-9-19(17,18)10-8-16/h3-6H,7-10H2,1-2H3,(H,14,15). The molecule has 1 N–H and O–H groups in total. The number of aliphatic imine (C=N–C) groups is 1. The van der Waals surface area contributed by atoms with Gasteiger partial charge in [0.25, 0.3) is 0 Å². The fourth-order valence-corrected chi connectivity index (χ4v) is 3.19. The van der Waals surface area contributed by atoms with Gasteiger partial charge in [-0.3, -0.25) is 4.99 Å². The summed E-state index contributed by atoms with van der Waals surface area (Å²) in [5.41, 5.74) is 2.04. The van der Waals surface area contributed by atoms with E-state index in [9.17, 15) is 8.42 Å². The van der Waals surface area contributed by atoms with E-state index in [1.807, 2.05) is 31.2 Å². The van der Waals surface area contributed by atoms with Crippen molar-refractivity contribution in [3.8, 4) is 0 Å². The Kier molecular flexibility index (Phi) is 4.09. The van der Waals surface area contributed by atoms with E-state index in [1.165, 1.54) is 0 Å². The number of hydrogen-bond acceptors (Lipinski definition) is 4. The molecule has 0 aliphatic carbocycles. The molecule has 1 aromatic rings. The van der Waals surface area contributed by atoms with E-state index < -0.39 is 9.84 Å². The Balaban J connectivity index is 2.03. The average Bonchev–Trinajstić information content (AvgIpc) is 2.40. The van der Waals surface area contributed by atoms with Crippen molar-refractivity contribution in [3.05, 3.63) is 24.3 Å². The van der Waals surface area contributed by atoms with Crippen molar-refractivity contribution in [3.63, 3.8) is 0 Å². The molecular weight excluding hydrogens is 262 g/mol. The van der Waals surface area contributed by atoms with E-state index in [4.69, 9.17) is 0 Å². The fourth-order valence-electron chi connectivity index (χ4n) is 1.99. The van der Waals surface area contributed by atoms with Gasteiger partial charge in [0.1, 0.15) is 0 Å². The van der Waals surface area contributed by atoms with Gasteiger partial charge in [-0.05, 0) is 31.2 Å². The number of benzene rings is 1. The summed E-state index contributed by atoms with van der Waals surface area (Å²) < 4.78 is 22.8. The van der Waals surface area contributed by atoms with Crippen LogP contribution in [0, 0.1) is 0 Å². The molecule has 6 heteroatoms. The number of hydrogen-bond donors (Lipinski definition) is 1. The summed E-state index contributed by atoms with van der Waals surface area (Å²) in [5, 5.41) is 3.17. The van der Waals surface area contributed by atoms with Crippen LogP contribution in [0.25, 0.3) is 0 Å². The van der Waals surface area contributed by atoms with Crippen LogP contribution in [-0.2, 0) is 9.84 Å². The number of amidine groups is 1. The molecule has 2 rings (SSSR count). The van der Waals surface area contributed by atoms with E-state index in [1.54, 1.807) is 7.05 Å². The van der Waals surface area contributed by atoms with E-state index in [2.05, 4.69) is 15.2 Å². The zero-order valence-corrected chi connectivity index (χ0v) is 12.1. The largest absolute Gasteiger partial charge is 0.369 e. The van der Waals surface area contributed by atoms with Crippen LogP contribution < -0.4 is 10.2 Å². The van der Waals surface area contributed by atoms with Gasteiger partial charge in [-0.15, -0.1) is 0 Å². The summed E-state index contributed by atoms with van der Waals surface area (Å²) in [5.74, 6) is 1.35. The summed E-state index contributed by atoms with van der Waals surface area (Å²) in [4.78, 5) is 6.14. The second-order valence-electron chi connectivity index (χ2n) is 4.62. The Hall–Kier alpha value is -1.56. The maximum absolute atomic E-state index is 11.4. The predicted octanol–water partition coefficient (Wildman–Crippen LogP) is 1.38. The lowest BCUT2D eigenvalue weighted by Crippen LogP contribution is -2.40. The highest BCUT2D eigenvalue weighted by Gasteiger charge is 2.21. The lowest BCUT2D eigenvalue weighted by molar-refractivity contribution is 0.587. The number of nitrogens with zero attached hydrogens (tertiary/aromatic N) is 2. The third kappa shape index (κ3) is 3.70. The lowest BCUT2D eigenvalue weighted by Gasteiger charge is -2.28. The molecule has 0 unspecified atom stereocenters. The van der Waals surface area contributed by atoms with Gasteiger partial charge in [0.05, 0.1) is 17.3 Å². The van der Waals surface area contributed by atoms with Crippen molar-refractivity contribution in [2.24, 2.45) is 4.99 Å². The number of rotatable bonds is 2. The van der Waals surface area contributed by atoms with Gasteiger partial charge in [0, 0.05) is 31.5 Å². The summed E-state index contributed by atoms with van der Waals surface area (Å²) in [6, 6.07) is 7.96. The summed E-state index contributed by atoms with van der Waals surface area (Å²) >= 11 is 0. The minimum atomic E-state index is -2.82. The van der Waals surface area contributed by atoms with Crippen LogP contribution in [0.3, 0.4) is 0 Å². The Bertz CT molecular complexity index is 550. The van der Waals surface area contributed by atoms with Crippen LogP contribution in [-0.4, -0.2) is 45.9 Å². The molecule has 1 saturated heterocycles. The van der Waals surface area contributed by atoms with Crippen LogP contribution >= 0.6 is 0 Å². The normalized spacial score (nSPS) is 19.3. The molecular formula is C13H19N3O2S. The molecule has 1 aromatic carbocycles. The second kappa shape index (κ2) is 5.61. The Labute approximate surface area is 114 Å². The molecule has 1 aliphatic heterocycles. The first kappa shape index (κ1) is 13.9. The number of nitrogens with one attached hydrogen (secondary N) is 1. The van der Waals surface area contributed by atoms with E-state index >= 15 is 0 Å². The molecule has 19 heavy (non-hydrogen) atoms. The van der Waals surface area contributed by atoms with Crippen molar-refractivity contribution in [2.75, 3.05) is 41.9 Å². The SMILES string of the molecule is CN=C(C)Nc1ccc(N2CCS(=O)(=O)CC2)cc1. The zero-order valence-electron chi connectivity index (χ0n) is 11.3. The highest BCUT2D eigenvalue weighted by Crippen LogP contribution is 2.20. The zero-order chi connectivity index (χ0) is 13.9. The fraction of sp³-hybridized carbons (Fsp3) is 0.462. The first-order valence-electron chi connectivity index (χ1n) is 6.26. The molecule has 0 spiro atoms. The minimum absolute atomic E-state index is 0.245. The van der Waals surface area contributed by atoms with Crippen molar-refractivity contribution >= 4 is 27.0 Å². The third-order valence-corrected chi connectivity index (χ3v) is 4.85. The molecule has 0 amide bonds. The summed E-state index contributed by atoms with van der Waals surface area (Å²) in [6.07, 6.45) is 0. The van der Waals surface area contributed by atoms with Crippen LogP contribution in [0.4, 0.5) is 11.4 Å². The van der Waals surface area contributed by atoms with Gasteiger partial charge in [0.2, 0.25) is 0 Å². The maximum Gasteiger partial charge on any atom is 0.153 e. The molecule has 0 atom stereocenters. The third-order valence-electron chi connectivity index (χ3n) is 3.24. The quantitative estimate of drug-likeness (QED) is 0.657. The topological polar surface area (TPSA) is 61.8 Å².